The monoisotopic (exact) mass is 478 g/mol. The van der Waals surface area contributed by atoms with Crippen LogP contribution in [-0.2, 0) is 14.8 Å². The molecule has 0 bridgehead atoms. The fourth-order valence-corrected chi connectivity index (χ4v) is 5.22. The summed E-state index contributed by atoms with van der Waals surface area (Å²) in [6.07, 6.45) is 1.29. The van der Waals surface area contributed by atoms with E-state index in [-0.39, 0.29) is 41.1 Å². The Labute approximate surface area is 192 Å². The number of rotatable bonds is 5. The number of sulfonamides is 1. The normalized spacial score (nSPS) is 14.7. The fourth-order valence-electron chi connectivity index (χ4n) is 3.78. The molecule has 1 aliphatic heterocycles. The van der Waals surface area contributed by atoms with Crippen molar-refractivity contribution in [2.24, 2.45) is 5.41 Å². The van der Waals surface area contributed by atoms with Crippen molar-refractivity contribution >= 4 is 27.5 Å². The van der Waals surface area contributed by atoms with Gasteiger partial charge in [-0.25, -0.2) is 17.8 Å². The van der Waals surface area contributed by atoms with Crippen molar-refractivity contribution in [1.29, 1.82) is 0 Å². The van der Waals surface area contributed by atoms with E-state index in [0.717, 1.165) is 16.4 Å². The molecule has 1 aliphatic rings. The third-order valence-electron chi connectivity index (χ3n) is 5.31. The molecular formula is C22H27FN4O5S. The van der Waals surface area contributed by atoms with Gasteiger partial charge in [0.1, 0.15) is 24.2 Å². The number of carbonyl (C=O) groups excluding carboxylic acids is 2. The first-order chi connectivity index (χ1) is 15.4. The smallest absolute Gasteiger partial charge is 0.264 e. The number of nitrogens with one attached hydrogen (secondary N) is 1. The molecule has 1 N–H and O–H groups in total. The maximum absolute atomic E-state index is 13.3. The summed E-state index contributed by atoms with van der Waals surface area (Å²) in [6, 6.07) is 5.08. The molecule has 0 fully saturated rings. The zero-order valence-corrected chi connectivity index (χ0v) is 19.9. The predicted octanol–water partition coefficient (Wildman–Crippen LogP) is 2.04. The number of ether oxygens (including phenoxy) is 1. The first-order valence-electron chi connectivity index (χ1n) is 10.3. The summed E-state index contributed by atoms with van der Waals surface area (Å²) in [5.74, 6) is -1.32. The molecule has 1 aromatic heterocycles. The first kappa shape index (κ1) is 24.4. The van der Waals surface area contributed by atoms with Crippen LogP contribution < -0.4 is 14.4 Å². The highest BCUT2D eigenvalue weighted by molar-refractivity contribution is 7.92. The molecule has 178 valence electrons. The molecule has 1 aromatic carbocycles. The molecular weight excluding hydrogens is 451 g/mol. The standard InChI is InChI=1S/C22H27FN4O5S/c1-22(2,3)18(19(28)24-4)26(5)21(29)14-12-17-20(25-13-14)32-11-10-27(17)33(30,31)16-8-6-15(23)7-9-16/h6-9,12-13,18H,10-11H2,1-5H3,(H,24,28)/t18-/m1/s1. The fraction of sp³-hybridized carbons (Fsp3) is 0.409. The van der Waals surface area contributed by atoms with Crippen molar-refractivity contribution in [3.05, 3.63) is 47.9 Å². The van der Waals surface area contributed by atoms with Gasteiger partial charge in [-0.05, 0) is 35.7 Å². The molecule has 2 amide bonds. The molecule has 9 nitrogen and oxygen atoms in total. The van der Waals surface area contributed by atoms with E-state index in [1.807, 2.05) is 20.8 Å². The zero-order valence-electron chi connectivity index (χ0n) is 19.1. The highest BCUT2D eigenvalue weighted by Gasteiger charge is 2.38. The van der Waals surface area contributed by atoms with Crippen molar-refractivity contribution in [2.75, 3.05) is 31.6 Å². The molecule has 3 rings (SSSR count). The van der Waals surface area contributed by atoms with Crippen LogP contribution in [0.2, 0.25) is 0 Å². The summed E-state index contributed by atoms with van der Waals surface area (Å²) in [7, 11) is -1.05. The Morgan fingerprint density at radius 1 is 1.24 bits per heavy atom. The van der Waals surface area contributed by atoms with Gasteiger partial charge in [0.15, 0.2) is 0 Å². The lowest BCUT2D eigenvalue weighted by Crippen LogP contribution is -2.53. The van der Waals surface area contributed by atoms with Gasteiger partial charge >= 0.3 is 0 Å². The van der Waals surface area contributed by atoms with E-state index < -0.39 is 33.2 Å². The third-order valence-corrected chi connectivity index (χ3v) is 7.13. The summed E-state index contributed by atoms with van der Waals surface area (Å²) in [4.78, 5) is 31.1. The highest BCUT2D eigenvalue weighted by atomic mass is 32.2. The number of hydrogen-bond donors (Lipinski definition) is 1. The number of aromatic nitrogens is 1. The zero-order chi connectivity index (χ0) is 24.6. The molecule has 2 aromatic rings. The summed E-state index contributed by atoms with van der Waals surface area (Å²) < 4.78 is 46.3. The second kappa shape index (κ2) is 8.97. The van der Waals surface area contributed by atoms with Gasteiger partial charge in [-0.1, -0.05) is 20.8 Å². The molecule has 0 aliphatic carbocycles. The molecule has 0 saturated carbocycles. The van der Waals surface area contributed by atoms with Crippen LogP contribution in [0.25, 0.3) is 0 Å². The minimum Gasteiger partial charge on any atom is -0.474 e. The number of halogens is 1. The van der Waals surface area contributed by atoms with Crippen LogP contribution in [0.15, 0.2) is 41.4 Å². The lowest BCUT2D eigenvalue weighted by molar-refractivity contribution is -0.128. The number of pyridine rings is 1. The number of carbonyl (C=O) groups is 2. The Bertz CT molecular complexity index is 1160. The Morgan fingerprint density at radius 3 is 2.45 bits per heavy atom. The first-order valence-corrected chi connectivity index (χ1v) is 11.7. The average Bonchev–Trinajstić information content (AvgIpc) is 2.77. The second-order valence-corrected chi connectivity index (χ2v) is 10.6. The number of amides is 2. The molecule has 0 unspecified atom stereocenters. The van der Waals surface area contributed by atoms with Crippen LogP contribution in [0.1, 0.15) is 31.1 Å². The molecule has 0 saturated heterocycles. The number of likely N-dealkylation sites (N-methyl/N-ethyl adjacent to an activating group) is 2. The number of anilines is 1. The minimum atomic E-state index is -4.05. The Morgan fingerprint density at radius 2 is 1.88 bits per heavy atom. The van der Waals surface area contributed by atoms with Gasteiger partial charge in [0, 0.05) is 20.3 Å². The lowest BCUT2D eigenvalue weighted by atomic mass is 9.85. The average molecular weight is 479 g/mol. The van der Waals surface area contributed by atoms with Crippen LogP contribution in [0, 0.1) is 11.2 Å². The van der Waals surface area contributed by atoms with E-state index in [1.54, 1.807) is 0 Å². The van der Waals surface area contributed by atoms with Crippen LogP contribution in [0.5, 0.6) is 5.88 Å². The van der Waals surface area contributed by atoms with Gasteiger partial charge in [0.25, 0.3) is 15.9 Å². The van der Waals surface area contributed by atoms with Gasteiger partial charge in [-0.2, -0.15) is 0 Å². The summed E-state index contributed by atoms with van der Waals surface area (Å²) in [5, 5.41) is 2.58. The molecule has 1 atom stereocenters. The number of fused-ring (bicyclic) bond motifs is 1. The van der Waals surface area contributed by atoms with Gasteiger partial charge < -0.3 is 15.0 Å². The summed E-state index contributed by atoms with van der Waals surface area (Å²) in [6.45, 7) is 5.58. The van der Waals surface area contributed by atoms with E-state index in [1.165, 1.54) is 43.4 Å². The van der Waals surface area contributed by atoms with E-state index in [9.17, 15) is 22.4 Å². The van der Waals surface area contributed by atoms with Gasteiger partial charge in [0.05, 0.1) is 17.0 Å². The van der Waals surface area contributed by atoms with Crippen LogP contribution in [0.4, 0.5) is 10.1 Å². The second-order valence-electron chi connectivity index (χ2n) is 8.73. The van der Waals surface area contributed by atoms with Crippen molar-refractivity contribution in [3.8, 4) is 5.88 Å². The summed E-state index contributed by atoms with van der Waals surface area (Å²) in [5.41, 5.74) is -0.371. The van der Waals surface area contributed by atoms with Crippen molar-refractivity contribution in [1.82, 2.24) is 15.2 Å². The molecule has 11 heteroatoms. The highest BCUT2D eigenvalue weighted by Crippen LogP contribution is 2.35. The van der Waals surface area contributed by atoms with Crippen molar-refractivity contribution in [2.45, 2.75) is 31.7 Å². The predicted molar refractivity (Wildman–Crippen MR) is 120 cm³/mol. The van der Waals surface area contributed by atoms with Crippen molar-refractivity contribution in [3.63, 3.8) is 0 Å². The van der Waals surface area contributed by atoms with Gasteiger partial charge in [0.2, 0.25) is 11.8 Å². The molecule has 33 heavy (non-hydrogen) atoms. The van der Waals surface area contributed by atoms with Crippen LogP contribution in [0.3, 0.4) is 0 Å². The van der Waals surface area contributed by atoms with Gasteiger partial charge in [-0.3, -0.25) is 13.9 Å². The minimum absolute atomic E-state index is 0.00920. The molecule has 0 radical (unpaired) electrons. The van der Waals surface area contributed by atoms with Crippen LogP contribution in [-0.4, -0.2) is 63.4 Å². The van der Waals surface area contributed by atoms with E-state index in [2.05, 4.69) is 10.3 Å². The number of benzene rings is 1. The SMILES string of the molecule is CNC(=O)[C@@H](N(C)C(=O)c1cnc2c(c1)N(S(=O)(=O)c1ccc(F)cc1)CCO2)C(C)(C)C. The Balaban J connectivity index is 2.01. The van der Waals surface area contributed by atoms with E-state index in [0.29, 0.717) is 0 Å². The molecule has 0 spiro atoms. The Kier molecular flexibility index (Phi) is 6.64. The van der Waals surface area contributed by atoms with E-state index >= 15 is 0 Å². The largest absolute Gasteiger partial charge is 0.474 e. The maximum Gasteiger partial charge on any atom is 0.264 e. The number of hydrogen-bond acceptors (Lipinski definition) is 6. The summed E-state index contributed by atoms with van der Waals surface area (Å²) >= 11 is 0. The number of nitrogens with zero attached hydrogens (tertiary/aromatic N) is 3. The van der Waals surface area contributed by atoms with E-state index in [4.69, 9.17) is 4.74 Å². The Hall–Kier alpha value is -3.21. The topological polar surface area (TPSA) is 109 Å². The third kappa shape index (κ3) is 4.77. The van der Waals surface area contributed by atoms with Gasteiger partial charge in [-0.15, -0.1) is 0 Å². The quantitative estimate of drug-likeness (QED) is 0.705. The lowest BCUT2D eigenvalue weighted by Gasteiger charge is -2.36. The maximum atomic E-state index is 13.3. The molecule has 2 heterocycles. The van der Waals surface area contributed by atoms with Crippen LogP contribution >= 0.6 is 0 Å². The van der Waals surface area contributed by atoms with Crippen molar-refractivity contribution < 1.29 is 27.1 Å².